The van der Waals surface area contributed by atoms with Crippen molar-refractivity contribution >= 4 is 5.91 Å². The van der Waals surface area contributed by atoms with Gasteiger partial charge in [-0.1, -0.05) is 6.92 Å². The van der Waals surface area contributed by atoms with Crippen LogP contribution in [0.5, 0.6) is 11.5 Å². The minimum atomic E-state index is -0.0707. The third-order valence-corrected chi connectivity index (χ3v) is 6.35. The summed E-state index contributed by atoms with van der Waals surface area (Å²) in [5.41, 5.74) is 2.16. The Bertz CT molecular complexity index is 848. The Kier molecular flexibility index (Phi) is 5.79. The molecule has 0 radical (unpaired) electrons. The van der Waals surface area contributed by atoms with Crippen molar-refractivity contribution in [3.05, 3.63) is 41.5 Å². The minimum Gasteiger partial charge on any atom is -0.497 e. The molecule has 6 heteroatoms. The normalized spacial score (nSPS) is 19.7. The molecule has 0 aliphatic carbocycles. The molecule has 6 nitrogen and oxygen atoms in total. The van der Waals surface area contributed by atoms with Gasteiger partial charge in [0.2, 0.25) is 5.91 Å². The van der Waals surface area contributed by atoms with Crippen LogP contribution >= 0.6 is 0 Å². The molecule has 156 valence electrons. The molecule has 0 spiro atoms. The number of carbonyl (C=O) groups is 1. The van der Waals surface area contributed by atoms with Crippen molar-refractivity contribution in [1.82, 2.24) is 14.5 Å². The highest BCUT2D eigenvalue weighted by Crippen LogP contribution is 2.37. The molecule has 0 N–H and O–H groups in total. The van der Waals surface area contributed by atoms with Crippen molar-refractivity contribution in [3.63, 3.8) is 0 Å². The molecule has 0 saturated carbocycles. The summed E-state index contributed by atoms with van der Waals surface area (Å²) >= 11 is 0. The lowest BCUT2D eigenvalue weighted by Gasteiger charge is -2.26. The molecule has 29 heavy (non-hydrogen) atoms. The van der Waals surface area contributed by atoms with E-state index in [1.54, 1.807) is 14.2 Å². The lowest BCUT2D eigenvalue weighted by molar-refractivity contribution is -0.130. The summed E-state index contributed by atoms with van der Waals surface area (Å²) in [7, 11) is 3.32. The van der Waals surface area contributed by atoms with Gasteiger partial charge in [-0.05, 0) is 43.4 Å². The molecule has 2 atom stereocenters. The predicted octanol–water partition coefficient (Wildman–Crippen LogP) is 3.94. The van der Waals surface area contributed by atoms with E-state index in [-0.39, 0.29) is 11.8 Å². The summed E-state index contributed by atoms with van der Waals surface area (Å²) in [6.45, 7) is 4.94. The van der Waals surface area contributed by atoms with E-state index in [1.807, 2.05) is 29.3 Å². The first kappa shape index (κ1) is 19.8. The van der Waals surface area contributed by atoms with Crippen LogP contribution in [-0.2, 0) is 11.3 Å². The zero-order valence-corrected chi connectivity index (χ0v) is 17.7. The van der Waals surface area contributed by atoms with Crippen molar-refractivity contribution in [2.24, 2.45) is 0 Å². The largest absolute Gasteiger partial charge is 0.497 e. The van der Waals surface area contributed by atoms with Crippen molar-refractivity contribution in [3.8, 4) is 11.5 Å². The zero-order valence-electron chi connectivity index (χ0n) is 17.7. The van der Waals surface area contributed by atoms with Crippen LogP contribution in [0.2, 0.25) is 0 Å². The molecule has 3 heterocycles. The second kappa shape index (κ2) is 8.47. The van der Waals surface area contributed by atoms with Crippen LogP contribution in [0.1, 0.15) is 67.9 Å². The number of nitrogens with zero attached hydrogens (tertiary/aromatic N) is 3. The monoisotopic (exact) mass is 397 g/mol. The fourth-order valence-electron chi connectivity index (χ4n) is 4.70. The van der Waals surface area contributed by atoms with Crippen LogP contribution in [-0.4, -0.2) is 47.7 Å². The number of fused-ring (bicyclic) bond motifs is 1. The first-order valence-electron chi connectivity index (χ1n) is 10.7. The van der Waals surface area contributed by atoms with Crippen molar-refractivity contribution in [1.29, 1.82) is 0 Å². The van der Waals surface area contributed by atoms with Gasteiger partial charge in [0.05, 0.1) is 14.2 Å². The van der Waals surface area contributed by atoms with E-state index < -0.39 is 0 Å². The van der Waals surface area contributed by atoms with Crippen LogP contribution < -0.4 is 9.47 Å². The maximum atomic E-state index is 13.1. The van der Waals surface area contributed by atoms with E-state index in [0.29, 0.717) is 12.3 Å². The minimum absolute atomic E-state index is 0.0707. The molecule has 4 rings (SSSR count). The molecule has 2 aromatic rings. The highest BCUT2D eigenvalue weighted by atomic mass is 16.5. The van der Waals surface area contributed by atoms with E-state index in [2.05, 4.69) is 11.5 Å². The molecule has 0 bridgehead atoms. The van der Waals surface area contributed by atoms with Crippen molar-refractivity contribution < 1.29 is 14.3 Å². The molecule has 1 fully saturated rings. The molecule has 1 amide bonds. The number of hydrogen-bond acceptors (Lipinski definition) is 4. The van der Waals surface area contributed by atoms with Crippen molar-refractivity contribution in [2.75, 3.05) is 27.3 Å². The van der Waals surface area contributed by atoms with Gasteiger partial charge in [0, 0.05) is 55.8 Å². The van der Waals surface area contributed by atoms with E-state index in [9.17, 15) is 4.79 Å². The molecular formula is C23H31N3O3. The van der Waals surface area contributed by atoms with Gasteiger partial charge >= 0.3 is 0 Å². The lowest BCUT2D eigenvalue weighted by Crippen LogP contribution is -2.30. The summed E-state index contributed by atoms with van der Waals surface area (Å²) in [6, 6.07) is 5.92. The lowest BCUT2D eigenvalue weighted by atomic mass is 9.91. The summed E-state index contributed by atoms with van der Waals surface area (Å²) in [6.07, 6.45) is 6.93. The smallest absolute Gasteiger partial charge is 0.223 e. The SMILES string of the molecule is COc1cc(OC)cc(C(CC(=O)N2CCCC2)c2cnc3n2CCCC3C)c1. The van der Waals surface area contributed by atoms with E-state index in [4.69, 9.17) is 14.5 Å². The molecule has 1 saturated heterocycles. The second-order valence-electron chi connectivity index (χ2n) is 8.23. The first-order valence-corrected chi connectivity index (χ1v) is 10.7. The number of amides is 1. The number of aromatic nitrogens is 2. The Labute approximate surface area is 172 Å². The molecule has 2 aliphatic heterocycles. The third kappa shape index (κ3) is 3.98. The maximum Gasteiger partial charge on any atom is 0.223 e. The Morgan fingerprint density at radius 3 is 2.45 bits per heavy atom. The molecular weight excluding hydrogens is 366 g/mol. The maximum absolute atomic E-state index is 13.1. The number of benzene rings is 1. The van der Waals surface area contributed by atoms with Gasteiger partial charge < -0.3 is 18.9 Å². The van der Waals surface area contributed by atoms with Gasteiger partial charge in [-0.3, -0.25) is 4.79 Å². The van der Waals surface area contributed by atoms with Gasteiger partial charge in [-0.2, -0.15) is 0 Å². The Morgan fingerprint density at radius 1 is 1.10 bits per heavy atom. The molecule has 1 aromatic heterocycles. The summed E-state index contributed by atoms with van der Waals surface area (Å²) < 4.78 is 13.3. The highest BCUT2D eigenvalue weighted by Gasteiger charge is 2.30. The molecule has 1 aromatic carbocycles. The number of methoxy groups -OCH3 is 2. The average Bonchev–Trinajstić information content (AvgIpc) is 3.42. The van der Waals surface area contributed by atoms with Gasteiger partial charge in [0.1, 0.15) is 17.3 Å². The van der Waals surface area contributed by atoms with Crippen LogP contribution in [0.3, 0.4) is 0 Å². The Balaban J connectivity index is 1.75. The van der Waals surface area contributed by atoms with E-state index in [0.717, 1.165) is 67.5 Å². The van der Waals surface area contributed by atoms with E-state index >= 15 is 0 Å². The number of rotatable bonds is 6. The summed E-state index contributed by atoms with van der Waals surface area (Å²) in [5.74, 6) is 3.22. The van der Waals surface area contributed by atoms with Gasteiger partial charge in [-0.15, -0.1) is 0 Å². The van der Waals surface area contributed by atoms with Crippen LogP contribution in [0.25, 0.3) is 0 Å². The standard InChI is InChI=1S/C23H31N3O3/c1-16-7-6-10-26-21(15-24-23(16)26)20(14-22(27)25-8-4-5-9-25)17-11-18(28-2)13-19(12-17)29-3/h11-13,15-16,20H,4-10,14H2,1-3H3. The summed E-state index contributed by atoms with van der Waals surface area (Å²) in [5, 5.41) is 0. The van der Waals surface area contributed by atoms with Crippen LogP contribution in [0.15, 0.2) is 24.4 Å². The third-order valence-electron chi connectivity index (χ3n) is 6.35. The first-order chi connectivity index (χ1) is 14.1. The number of hydrogen-bond donors (Lipinski definition) is 0. The number of imidazole rings is 1. The predicted molar refractivity (Wildman–Crippen MR) is 112 cm³/mol. The van der Waals surface area contributed by atoms with Crippen molar-refractivity contribution in [2.45, 2.75) is 57.4 Å². The quantitative estimate of drug-likeness (QED) is 0.741. The Morgan fingerprint density at radius 2 is 1.79 bits per heavy atom. The number of ether oxygens (including phenoxy) is 2. The zero-order chi connectivity index (χ0) is 20.4. The Hall–Kier alpha value is -2.50. The van der Waals surface area contributed by atoms with Crippen LogP contribution in [0, 0.1) is 0 Å². The fourth-order valence-corrected chi connectivity index (χ4v) is 4.70. The average molecular weight is 398 g/mol. The molecule has 2 aliphatic rings. The second-order valence-corrected chi connectivity index (χ2v) is 8.23. The van der Waals surface area contributed by atoms with Gasteiger partial charge in [0.15, 0.2) is 0 Å². The topological polar surface area (TPSA) is 56.6 Å². The van der Waals surface area contributed by atoms with Gasteiger partial charge in [-0.25, -0.2) is 4.98 Å². The highest BCUT2D eigenvalue weighted by molar-refractivity contribution is 5.78. The van der Waals surface area contributed by atoms with E-state index in [1.165, 1.54) is 6.42 Å². The number of likely N-dealkylation sites (tertiary alicyclic amines) is 1. The van der Waals surface area contributed by atoms with Gasteiger partial charge in [0.25, 0.3) is 0 Å². The molecule has 2 unspecified atom stereocenters. The number of carbonyl (C=O) groups excluding carboxylic acids is 1. The fraction of sp³-hybridized carbons (Fsp3) is 0.565. The summed E-state index contributed by atoms with van der Waals surface area (Å²) in [4.78, 5) is 19.8. The van der Waals surface area contributed by atoms with Crippen LogP contribution in [0.4, 0.5) is 0 Å².